The molecule has 2 nitrogen and oxygen atoms in total. The van der Waals surface area contributed by atoms with Crippen LogP contribution in [0.3, 0.4) is 0 Å². The minimum Gasteiger partial charge on any atom is -0.372 e. The van der Waals surface area contributed by atoms with Crippen molar-refractivity contribution >= 4 is 5.69 Å². The maximum absolute atomic E-state index is 13.9. The Balaban J connectivity index is 2.84. The van der Waals surface area contributed by atoms with Gasteiger partial charge in [0.25, 0.3) is 0 Å². The first-order chi connectivity index (χ1) is 7.83. The van der Waals surface area contributed by atoms with E-state index in [0.29, 0.717) is 12.2 Å². The van der Waals surface area contributed by atoms with Gasteiger partial charge in [-0.15, -0.1) is 0 Å². The van der Waals surface area contributed by atoms with E-state index in [4.69, 9.17) is 5.73 Å². The molecule has 0 heterocycles. The number of hydrogen-bond acceptors (Lipinski definition) is 2. The predicted molar refractivity (Wildman–Crippen MR) is 71.9 cm³/mol. The number of nitrogens with two attached hydrogens (primary N) is 1. The van der Waals surface area contributed by atoms with Crippen molar-refractivity contribution in [1.29, 1.82) is 0 Å². The van der Waals surface area contributed by atoms with Crippen LogP contribution in [0.1, 0.15) is 26.3 Å². The monoisotopic (exact) mass is 238 g/mol. The highest BCUT2D eigenvalue weighted by atomic mass is 19.1. The lowest BCUT2D eigenvalue weighted by atomic mass is 9.96. The van der Waals surface area contributed by atoms with Crippen LogP contribution in [0.5, 0.6) is 0 Å². The molecule has 0 aliphatic carbocycles. The van der Waals surface area contributed by atoms with E-state index in [2.05, 4.69) is 20.8 Å². The van der Waals surface area contributed by atoms with Gasteiger partial charge in [0, 0.05) is 13.6 Å². The molecule has 0 unspecified atom stereocenters. The summed E-state index contributed by atoms with van der Waals surface area (Å²) in [6.07, 6.45) is 0.722. The molecule has 1 rings (SSSR count). The van der Waals surface area contributed by atoms with Crippen LogP contribution < -0.4 is 10.6 Å². The van der Waals surface area contributed by atoms with Crippen LogP contribution in [0.2, 0.25) is 0 Å². The maximum atomic E-state index is 13.9. The second-order valence-corrected chi connectivity index (χ2v) is 5.74. The summed E-state index contributed by atoms with van der Waals surface area (Å²) >= 11 is 0. The third-order valence-electron chi connectivity index (χ3n) is 2.57. The van der Waals surface area contributed by atoms with E-state index < -0.39 is 0 Å². The molecule has 0 aromatic heterocycles. The molecule has 1 aromatic rings. The van der Waals surface area contributed by atoms with Crippen LogP contribution in [0.25, 0.3) is 0 Å². The molecule has 0 saturated carbocycles. The topological polar surface area (TPSA) is 29.3 Å². The van der Waals surface area contributed by atoms with Crippen LogP contribution in [0.4, 0.5) is 10.1 Å². The molecule has 0 saturated heterocycles. The average molecular weight is 238 g/mol. The minimum atomic E-state index is -0.164. The summed E-state index contributed by atoms with van der Waals surface area (Å²) < 4.78 is 13.9. The van der Waals surface area contributed by atoms with Crippen LogP contribution in [-0.4, -0.2) is 20.1 Å². The summed E-state index contributed by atoms with van der Waals surface area (Å²) in [5.41, 5.74) is 7.22. The molecule has 0 spiro atoms. The van der Waals surface area contributed by atoms with Crippen LogP contribution in [0.15, 0.2) is 18.2 Å². The normalized spacial score (nSPS) is 11.6. The van der Waals surface area contributed by atoms with Gasteiger partial charge in [0.1, 0.15) is 5.82 Å². The number of hydrogen-bond donors (Lipinski definition) is 1. The number of benzene rings is 1. The lowest BCUT2D eigenvalue weighted by Gasteiger charge is -2.28. The Morgan fingerprint density at radius 3 is 2.41 bits per heavy atom. The first-order valence-corrected chi connectivity index (χ1v) is 6.03. The van der Waals surface area contributed by atoms with E-state index in [-0.39, 0.29) is 11.2 Å². The quantitative estimate of drug-likeness (QED) is 0.874. The van der Waals surface area contributed by atoms with E-state index in [1.165, 1.54) is 0 Å². The predicted octanol–water partition coefficient (Wildman–Crippen LogP) is 2.81. The molecular formula is C14H23FN2. The summed E-state index contributed by atoms with van der Waals surface area (Å²) in [5.74, 6) is -0.164. The van der Waals surface area contributed by atoms with E-state index in [0.717, 1.165) is 18.5 Å². The molecular weight excluding hydrogens is 215 g/mol. The van der Waals surface area contributed by atoms with Crippen LogP contribution in [0, 0.1) is 11.2 Å². The number of rotatable bonds is 4. The zero-order valence-corrected chi connectivity index (χ0v) is 11.3. The largest absolute Gasteiger partial charge is 0.372 e. The zero-order valence-electron chi connectivity index (χ0n) is 11.3. The Hall–Kier alpha value is -1.09. The van der Waals surface area contributed by atoms with Gasteiger partial charge < -0.3 is 10.6 Å². The highest BCUT2D eigenvalue weighted by Crippen LogP contribution is 2.23. The third kappa shape index (κ3) is 4.35. The van der Waals surface area contributed by atoms with E-state index in [1.54, 1.807) is 6.07 Å². The first kappa shape index (κ1) is 14.0. The Morgan fingerprint density at radius 2 is 1.94 bits per heavy atom. The summed E-state index contributed by atoms with van der Waals surface area (Å²) in [5, 5.41) is 0. The summed E-state index contributed by atoms with van der Waals surface area (Å²) in [6, 6.07) is 5.37. The Kier molecular flexibility index (Phi) is 4.52. The third-order valence-corrected chi connectivity index (χ3v) is 2.57. The van der Waals surface area contributed by atoms with Crippen LogP contribution in [-0.2, 0) is 6.42 Å². The number of anilines is 1. The van der Waals surface area contributed by atoms with E-state index in [1.807, 2.05) is 24.1 Å². The van der Waals surface area contributed by atoms with E-state index >= 15 is 0 Å². The average Bonchev–Trinajstić information content (AvgIpc) is 2.15. The summed E-state index contributed by atoms with van der Waals surface area (Å²) in [4.78, 5) is 1.96. The minimum absolute atomic E-state index is 0.150. The Labute approximate surface area is 104 Å². The van der Waals surface area contributed by atoms with Crippen molar-refractivity contribution in [2.24, 2.45) is 11.1 Å². The van der Waals surface area contributed by atoms with Gasteiger partial charge in [-0.3, -0.25) is 0 Å². The van der Waals surface area contributed by atoms with Gasteiger partial charge >= 0.3 is 0 Å². The molecule has 17 heavy (non-hydrogen) atoms. The second kappa shape index (κ2) is 5.50. The van der Waals surface area contributed by atoms with Gasteiger partial charge in [-0.25, -0.2) is 4.39 Å². The van der Waals surface area contributed by atoms with Gasteiger partial charge in [0.05, 0.1) is 5.69 Å². The lowest BCUT2D eigenvalue weighted by Crippen LogP contribution is -2.29. The van der Waals surface area contributed by atoms with Crippen molar-refractivity contribution in [1.82, 2.24) is 0 Å². The Bertz CT molecular complexity index is 369. The molecule has 0 radical (unpaired) electrons. The fraction of sp³-hybridized carbons (Fsp3) is 0.571. The fourth-order valence-electron chi connectivity index (χ4n) is 1.98. The standard InChI is InChI=1S/C14H23FN2/c1-14(2,3)10-17(4)13-6-5-11(7-8-16)9-12(13)15/h5-6,9H,7-8,10,16H2,1-4H3. The van der Waals surface area contributed by atoms with Crippen molar-refractivity contribution in [2.75, 3.05) is 25.0 Å². The van der Waals surface area contributed by atoms with Crippen molar-refractivity contribution in [3.63, 3.8) is 0 Å². The van der Waals surface area contributed by atoms with E-state index in [9.17, 15) is 4.39 Å². The molecule has 96 valence electrons. The van der Waals surface area contributed by atoms with Crippen molar-refractivity contribution in [3.8, 4) is 0 Å². The molecule has 0 atom stereocenters. The number of nitrogens with zero attached hydrogens (tertiary/aromatic N) is 1. The second-order valence-electron chi connectivity index (χ2n) is 5.74. The molecule has 2 N–H and O–H groups in total. The van der Waals surface area contributed by atoms with Gasteiger partial charge in [0.2, 0.25) is 0 Å². The van der Waals surface area contributed by atoms with Gasteiger partial charge in [0.15, 0.2) is 0 Å². The van der Waals surface area contributed by atoms with Crippen molar-refractivity contribution in [3.05, 3.63) is 29.6 Å². The fourth-order valence-corrected chi connectivity index (χ4v) is 1.98. The van der Waals surface area contributed by atoms with Crippen LogP contribution >= 0.6 is 0 Å². The molecule has 0 aliphatic heterocycles. The molecule has 0 bridgehead atoms. The van der Waals surface area contributed by atoms with Gasteiger partial charge in [-0.05, 0) is 36.1 Å². The Morgan fingerprint density at radius 1 is 1.29 bits per heavy atom. The van der Waals surface area contributed by atoms with Crippen molar-refractivity contribution < 1.29 is 4.39 Å². The lowest BCUT2D eigenvalue weighted by molar-refractivity contribution is 0.417. The van der Waals surface area contributed by atoms with Gasteiger partial charge in [-0.1, -0.05) is 26.8 Å². The van der Waals surface area contributed by atoms with Crippen molar-refractivity contribution in [2.45, 2.75) is 27.2 Å². The summed E-state index contributed by atoms with van der Waals surface area (Å²) in [6.45, 7) is 7.80. The highest BCUT2D eigenvalue weighted by Gasteiger charge is 2.16. The smallest absolute Gasteiger partial charge is 0.146 e. The summed E-state index contributed by atoms with van der Waals surface area (Å²) in [7, 11) is 1.92. The molecule has 0 amide bonds. The SMILES string of the molecule is CN(CC(C)(C)C)c1ccc(CCN)cc1F. The molecule has 3 heteroatoms. The van der Waals surface area contributed by atoms with Gasteiger partial charge in [-0.2, -0.15) is 0 Å². The maximum Gasteiger partial charge on any atom is 0.146 e. The molecule has 1 aromatic carbocycles. The molecule has 0 aliphatic rings. The zero-order chi connectivity index (χ0) is 13.1. The highest BCUT2D eigenvalue weighted by molar-refractivity contribution is 5.48. The first-order valence-electron chi connectivity index (χ1n) is 6.03. The molecule has 0 fully saturated rings. The number of halogens is 1.